The minimum atomic E-state index is -1.23. The summed E-state index contributed by atoms with van der Waals surface area (Å²) in [4.78, 5) is 99.4. The van der Waals surface area contributed by atoms with Crippen LogP contribution in [0.2, 0.25) is 5.02 Å². The molecule has 1 aromatic rings. The van der Waals surface area contributed by atoms with Gasteiger partial charge in [-0.25, -0.2) is 9.59 Å². The molecule has 62 heavy (non-hydrogen) atoms. The maximum absolute atomic E-state index is 14.5. The van der Waals surface area contributed by atoms with E-state index >= 15 is 0 Å². The Balaban J connectivity index is 2.68. The number of cyclic esters (lactones) is 2. The van der Waals surface area contributed by atoms with Crippen LogP contribution in [0.1, 0.15) is 106 Å². The highest BCUT2D eigenvalue weighted by Crippen LogP contribution is 2.21. The third-order valence-corrected chi connectivity index (χ3v) is 11.4. The molecule has 2 rings (SSSR count). The molecule has 16 heteroatoms. The van der Waals surface area contributed by atoms with Crippen molar-refractivity contribution < 1.29 is 43.0 Å². The standard InChI is InChI=1S/C46H71ClN6O9/c1-11-16-37-30(6)17-15-18-31(7)45(59)62-38(25-28(3)4)41(55)50-35(19-13-14-24-48)43(57)53(10)36(26-33-20-22-34(47)23-21-33)44(58)52(9)27-39(54)51-40(29(5)12-2)42(56)49-32(8)46(60)61-37/h11,16,18,20-23,28-30,32,35-38,40H,12-15,17,19,24-27,48H2,1-10H3,(H,49,56)(H,50,55)(H,51,54)/b16-11+,31-18+/t29?,30-,32+,35-,36+,37+,38+,40-/m0/s1. The molecule has 5 amide bonds. The van der Waals surface area contributed by atoms with E-state index in [9.17, 15) is 33.6 Å². The highest BCUT2D eigenvalue weighted by molar-refractivity contribution is 6.30. The Bertz CT molecular complexity index is 1730. The number of hydrogen-bond donors (Lipinski definition) is 4. The number of likely N-dealkylation sites (N-methyl/N-ethyl adjacent to an activating group) is 2. The molecule has 8 atom stereocenters. The summed E-state index contributed by atoms with van der Waals surface area (Å²) in [6.45, 7) is 14.1. The smallest absolute Gasteiger partial charge is 0.334 e. The molecular formula is C46H71ClN6O9. The zero-order valence-corrected chi connectivity index (χ0v) is 39.1. The van der Waals surface area contributed by atoms with Crippen molar-refractivity contribution in [3.8, 4) is 0 Å². The van der Waals surface area contributed by atoms with E-state index in [1.165, 1.54) is 30.8 Å². The number of carbonyl (C=O) groups is 7. The molecule has 346 valence electrons. The molecule has 1 aromatic carbocycles. The quantitative estimate of drug-likeness (QED) is 0.138. The Morgan fingerprint density at radius 2 is 1.58 bits per heavy atom. The van der Waals surface area contributed by atoms with Crippen molar-refractivity contribution in [2.24, 2.45) is 23.5 Å². The van der Waals surface area contributed by atoms with Crippen LogP contribution in [0, 0.1) is 17.8 Å². The van der Waals surface area contributed by atoms with E-state index in [1.54, 1.807) is 63.3 Å². The van der Waals surface area contributed by atoms with Crippen LogP contribution in [-0.2, 0) is 49.5 Å². The molecule has 1 unspecified atom stereocenters. The molecule has 5 N–H and O–H groups in total. The van der Waals surface area contributed by atoms with Gasteiger partial charge in [-0.1, -0.05) is 76.9 Å². The van der Waals surface area contributed by atoms with Gasteiger partial charge in [0.1, 0.15) is 30.3 Å². The van der Waals surface area contributed by atoms with E-state index in [0.29, 0.717) is 49.2 Å². The van der Waals surface area contributed by atoms with Crippen molar-refractivity contribution in [1.82, 2.24) is 25.8 Å². The molecule has 0 aromatic heterocycles. The molecule has 1 aliphatic heterocycles. The Hall–Kier alpha value is -4.76. The van der Waals surface area contributed by atoms with Crippen molar-refractivity contribution in [1.29, 1.82) is 0 Å². The van der Waals surface area contributed by atoms with Crippen LogP contribution in [-0.4, -0.2) is 115 Å². The lowest BCUT2D eigenvalue weighted by Gasteiger charge is -2.34. The number of ether oxygens (including phenoxy) is 2. The largest absolute Gasteiger partial charge is 0.456 e. The average Bonchev–Trinajstić information content (AvgIpc) is 3.22. The highest BCUT2D eigenvalue weighted by atomic mass is 35.5. The van der Waals surface area contributed by atoms with Gasteiger partial charge in [-0.2, -0.15) is 0 Å². The maximum Gasteiger partial charge on any atom is 0.334 e. The second kappa shape index (κ2) is 26.7. The van der Waals surface area contributed by atoms with Crippen LogP contribution in [0.5, 0.6) is 0 Å². The number of rotatable bonds is 11. The van der Waals surface area contributed by atoms with E-state index in [0.717, 1.165) is 0 Å². The average molecular weight is 888 g/mol. The highest BCUT2D eigenvalue weighted by Gasteiger charge is 2.37. The summed E-state index contributed by atoms with van der Waals surface area (Å²) in [5.74, 6) is -5.02. The lowest BCUT2D eigenvalue weighted by atomic mass is 9.97. The first-order valence-corrected chi connectivity index (χ1v) is 22.2. The van der Waals surface area contributed by atoms with E-state index in [4.69, 9.17) is 26.8 Å². The van der Waals surface area contributed by atoms with Gasteiger partial charge in [0, 0.05) is 31.1 Å². The van der Waals surface area contributed by atoms with Crippen LogP contribution in [0.4, 0.5) is 0 Å². The Morgan fingerprint density at radius 1 is 0.919 bits per heavy atom. The van der Waals surface area contributed by atoms with Gasteiger partial charge < -0.3 is 41.0 Å². The molecular weight excluding hydrogens is 816 g/mol. The first-order valence-electron chi connectivity index (χ1n) is 21.8. The fourth-order valence-electron chi connectivity index (χ4n) is 6.92. The number of unbranched alkanes of at least 4 members (excludes halogenated alkanes) is 1. The number of carbonyl (C=O) groups excluding carboxylic acids is 7. The summed E-state index contributed by atoms with van der Waals surface area (Å²) in [6.07, 6.45) is 6.23. The van der Waals surface area contributed by atoms with Crippen molar-refractivity contribution >= 4 is 53.1 Å². The molecule has 0 saturated heterocycles. The number of halogens is 1. The zero-order chi connectivity index (χ0) is 46.7. The second-order valence-electron chi connectivity index (χ2n) is 16.9. The molecule has 1 aliphatic rings. The van der Waals surface area contributed by atoms with Crippen LogP contribution in [0.3, 0.4) is 0 Å². The minimum absolute atomic E-state index is 0.0342. The van der Waals surface area contributed by atoms with Gasteiger partial charge in [-0.3, -0.25) is 24.0 Å². The third-order valence-electron chi connectivity index (χ3n) is 11.1. The second-order valence-corrected chi connectivity index (χ2v) is 17.3. The van der Waals surface area contributed by atoms with Gasteiger partial charge in [-0.15, -0.1) is 0 Å². The number of hydrogen-bond acceptors (Lipinski definition) is 10. The van der Waals surface area contributed by atoms with Gasteiger partial charge in [0.2, 0.25) is 23.6 Å². The predicted octanol–water partition coefficient (Wildman–Crippen LogP) is 4.64. The number of nitrogens with zero attached hydrogens (tertiary/aromatic N) is 2. The van der Waals surface area contributed by atoms with Crippen LogP contribution >= 0.6 is 11.6 Å². The first kappa shape index (κ1) is 53.4. The number of esters is 2. The Kier molecular flexibility index (Phi) is 22.9. The third kappa shape index (κ3) is 17.2. The molecule has 0 aliphatic carbocycles. The lowest BCUT2D eigenvalue weighted by Crippen LogP contribution is -2.58. The molecule has 0 saturated carbocycles. The van der Waals surface area contributed by atoms with Gasteiger partial charge in [0.05, 0.1) is 6.54 Å². The number of allylic oxidation sites excluding steroid dienone is 2. The fourth-order valence-corrected chi connectivity index (χ4v) is 7.04. The van der Waals surface area contributed by atoms with Crippen LogP contribution in [0.25, 0.3) is 0 Å². The molecule has 15 nitrogen and oxygen atoms in total. The molecule has 0 spiro atoms. The summed E-state index contributed by atoms with van der Waals surface area (Å²) in [7, 11) is 2.88. The normalized spacial score (nSPS) is 26.6. The number of benzene rings is 1. The fraction of sp³-hybridized carbons (Fsp3) is 0.630. The van der Waals surface area contributed by atoms with Crippen molar-refractivity contribution in [2.45, 2.75) is 143 Å². The number of amides is 5. The first-order chi connectivity index (χ1) is 29.2. The SMILES string of the molecule is C/C=C/[C@H]1OC(=O)[C@@H](C)NC(=O)[C@H](C(C)CC)NC(=O)CN(C)C(=O)[C@@H](Cc2ccc(Cl)cc2)N(C)C(=O)[C@H](CCCCN)NC(=O)[C@@H](CC(C)C)OC(=O)/C(C)=C/CC[C@@H]1C. The van der Waals surface area contributed by atoms with E-state index in [-0.39, 0.29) is 42.6 Å². The molecule has 1 heterocycles. The summed E-state index contributed by atoms with van der Waals surface area (Å²) in [5, 5.41) is 8.75. The van der Waals surface area contributed by atoms with E-state index in [1.807, 2.05) is 27.7 Å². The lowest BCUT2D eigenvalue weighted by molar-refractivity contribution is -0.154. The number of nitrogens with one attached hydrogen (secondary N) is 3. The van der Waals surface area contributed by atoms with E-state index < -0.39 is 84.4 Å². The minimum Gasteiger partial charge on any atom is -0.456 e. The van der Waals surface area contributed by atoms with Crippen molar-refractivity contribution in [3.05, 3.63) is 58.7 Å². The van der Waals surface area contributed by atoms with Crippen LogP contribution < -0.4 is 21.7 Å². The van der Waals surface area contributed by atoms with Crippen LogP contribution in [0.15, 0.2) is 48.1 Å². The maximum atomic E-state index is 14.5. The Labute approximate surface area is 373 Å². The summed E-state index contributed by atoms with van der Waals surface area (Å²) < 4.78 is 11.6. The number of nitrogens with two attached hydrogens (primary N) is 1. The Morgan fingerprint density at radius 3 is 2.18 bits per heavy atom. The molecule has 0 radical (unpaired) electrons. The van der Waals surface area contributed by atoms with Crippen molar-refractivity contribution in [3.63, 3.8) is 0 Å². The summed E-state index contributed by atoms with van der Waals surface area (Å²) in [5.41, 5.74) is 6.75. The van der Waals surface area contributed by atoms with Gasteiger partial charge in [-0.05, 0) is 107 Å². The summed E-state index contributed by atoms with van der Waals surface area (Å²) >= 11 is 6.16. The molecule has 0 bridgehead atoms. The monoisotopic (exact) mass is 886 g/mol. The van der Waals surface area contributed by atoms with Gasteiger partial charge >= 0.3 is 11.9 Å². The molecule has 0 fully saturated rings. The summed E-state index contributed by atoms with van der Waals surface area (Å²) in [6, 6.07) is 2.39. The van der Waals surface area contributed by atoms with Gasteiger partial charge in [0.15, 0.2) is 6.10 Å². The van der Waals surface area contributed by atoms with Crippen molar-refractivity contribution in [2.75, 3.05) is 27.2 Å². The van der Waals surface area contributed by atoms with Gasteiger partial charge in [0.25, 0.3) is 5.91 Å². The zero-order valence-electron chi connectivity index (χ0n) is 38.3. The predicted molar refractivity (Wildman–Crippen MR) is 239 cm³/mol. The topological polar surface area (TPSA) is 207 Å². The van der Waals surface area contributed by atoms with E-state index in [2.05, 4.69) is 16.0 Å².